The van der Waals surface area contributed by atoms with Crippen LogP contribution < -0.4 is 4.90 Å². The molecule has 0 unspecified atom stereocenters. The van der Waals surface area contributed by atoms with Gasteiger partial charge in [-0.25, -0.2) is 4.98 Å². The van der Waals surface area contributed by atoms with Crippen LogP contribution >= 0.6 is 0 Å². The second-order valence-electron chi connectivity index (χ2n) is 5.24. The SMILES string of the molecule is CC.Cn1cc(C(F)(F)F)nc1N1CCC(O)(C[N+](=O)[O-])CC1. The lowest BCUT2D eigenvalue weighted by atomic mass is 9.92. The first kappa shape index (κ1) is 19.2. The summed E-state index contributed by atoms with van der Waals surface area (Å²) in [6, 6.07) is 0. The third-order valence-electron chi connectivity index (χ3n) is 3.54. The van der Waals surface area contributed by atoms with Gasteiger partial charge in [-0.1, -0.05) is 13.8 Å². The first-order chi connectivity index (χ1) is 10.6. The maximum Gasteiger partial charge on any atom is 0.434 e. The highest BCUT2D eigenvalue weighted by Crippen LogP contribution is 2.31. The van der Waals surface area contributed by atoms with Crippen molar-refractivity contribution in [1.82, 2.24) is 9.55 Å². The number of nitro groups is 1. The average molecular weight is 338 g/mol. The van der Waals surface area contributed by atoms with Crippen LogP contribution in [0.1, 0.15) is 32.4 Å². The number of nitrogens with zero attached hydrogens (tertiary/aromatic N) is 4. The number of anilines is 1. The molecule has 1 aromatic rings. The molecule has 10 heteroatoms. The van der Waals surface area contributed by atoms with Crippen LogP contribution in [0.15, 0.2) is 6.20 Å². The molecule has 0 aliphatic carbocycles. The van der Waals surface area contributed by atoms with Gasteiger partial charge in [-0.15, -0.1) is 0 Å². The minimum absolute atomic E-state index is 0.113. The third kappa shape index (κ3) is 4.81. The normalized spacial score (nSPS) is 17.4. The van der Waals surface area contributed by atoms with Gasteiger partial charge in [0.15, 0.2) is 5.69 Å². The molecular weight excluding hydrogens is 317 g/mol. The smallest absolute Gasteiger partial charge is 0.383 e. The maximum atomic E-state index is 12.6. The largest absolute Gasteiger partial charge is 0.434 e. The van der Waals surface area contributed by atoms with Crippen molar-refractivity contribution in [3.05, 3.63) is 22.0 Å². The Labute approximate surface area is 131 Å². The summed E-state index contributed by atoms with van der Waals surface area (Å²) in [7, 11) is 1.45. The summed E-state index contributed by atoms with van der Waals surface area (Å²) in [4.78, 5) is 15.0. The molecule has 1 aliphatic rings. The van der Waals surface area contributed by atoms with Crippen molar-refractivity contribution in [3.8, 4) is 0 Å². The molecule has 2 heterocycles. The molecule has 1 N–H and O–H groups in total. The summed E-state index contributed by atoms with van der Waals surface area (Å²) in [5.41, 5.74) is -2.39. The Hall–Kier alpha value is -1.84. The van der Waals surface area contributed by atoms with E-state index in [2.05, 4.69) is 4.98 Å². The van der Waals surface area contributed by atoms with Gasteiger partial charge in [-0.2, -0.15) is 13.2 Å². The molecule has 132 valence electrons. The van der Waals surface area contributed by atoms with Gasteiger partial charge in [0.25, 0.3) is 0 Å². The summed E-state index contributed by atoms with van der Waals surface area (Å²) in [6.07, 6.45) is -3.39. The van der Waals surface area contributed by atoms with Crippen LogP contribution in [-0.4, -0.2) is 44.8 Å². The number of imidazole rings is 1. The fourth-order valence-corrected chi connectivity index (χ4v) is 2.41. The van der Waals surface area contributed by atoms with Gasteiger partial charge in [0.05, 0.1) is 0 Å². The number of rotatable bonds is 3. The standard InChI is InChI=1S/C11H15F3N4O3.C2H6/c1-16-6-8(11(12,13)14)15-9(16)17-4-2-10(19,3-5-17)7-18(20)21;1-2/h6,19H,2-5,7H2,1H3;1-2H3. The fourth-order valence-electron chi connectivity index (χ4n) is 2.41. The Morgan fingerprint density at radius 1 is 1.39 bits per heavy atom. The number of alkyl halides is 3. The minimum Gasteiger partial charge on any atom is -0.383 e. The molecule has 0 aromatic carbocycles. The zero-order chi connectivity index (χ0) is 17.8. The van der Waals surface area contributed by atoms with Gasteiger partial charge in [-0.3, -0.25) is 10.1 Å². The van der Waals surface area contributed by atoms with Crippen LogP contribution in [0.4, 0.5) is 19.1 Å². The molecule has 1 aromatic heterocycles. The van der Waals surface area contributed by atoms with E-state index in [9.17, 15) is 28.4 Å². The Morgan fingerprint density at radius 3 is 2.30 bits per heavy atom. The van der Waals surface area contributed by atoms with E-state index in [0.717, 1.165) is 6.20 Å². The monoisotopic (exact) mass is 338 g/mol. The summed E-state index contributed by atoms with van der Waals surface area (Å²) < 4.78 is 39.1. The molecule has 0 bridgehead atoms. The summed E-state index contributed by atoms with van der Waals surface area (Å²) in [5, 5.41) is 20.5. The average Bonchev–Trinajstić information content (AvgIpc) is 2.83. The first-order valence-electron chi connectivity index (χ1n) is 7.30. The number of aromatic nitrogens is 2. The number of aryl methyl sites for hydroxylation is 1. The zero-order valence-electron chi connectivity index (χ0n) is 13.3. The Bertz CT molecular complexity index is 537. The highest BCUT2D eigenvalue weighted by Gasteiger charge is 2.39. The molecule has 1 fully saturated rings. The predicted molar refractivity (Wildman–Crippen MR) is 77.8 cm³/mol. The molecule has 0 amide bonds. The van der Waals surface area contributed by atoms with E-state index in [-0.39, 0.29) is 31.9 Å². The van der Waals surface area contributed by atoms with Gasteiger partial charge < -0.3 is 14.6 Å². The van der Waals surface area contributed by atoms with Gasteiger partial charge in [-0.05, 0) is 0 Å². The Balaban J connectivity index is 0.00000127. The van der Waals surface area contributed by atoms with E-state index >= 15 is 0 Å². The van der Waals surface area contributed by atoms with E-state index < -0.39 is 28.9 Å². The molecule has 2 rings (SSSR count). The van der Waals surface area contributed by atoms with Crippen molar-refractivity contribution in [3.63, 3.8) is 0 Å². The van der Waals surface area contributed by atoms with E-state index in [1.54, 1.807) is 4.90 Å². The lowest BCUT2D eigenvalue weighted by Gasteiger charge is -2.36. The molecule has 7 nitrogen and oxygen atoms in total. The fraction of sp³-hybridized carbons (Fsp3) is 0.769. The lowest BCUT2D eigenvalue weighted by molar-refractivity contribution is -0.501. The first-order valence-corrected chi connectivity index (χ1v) is 7.30. The number of halogens is 3. The van der Waals surface area contributed by atoms with Crippen molar-refractivity contribution in [2.45, 2.75) is 38.5 Å². The highest BCUT2D eigenvalue weighted by molar-refractivity contribution is 5.35. The minimum atomic E-state index is -4.52. The summed E-state index contributed by atoms with van der Waals surface area (Å²) in [6.45, 7) is 3.87. The van der Waals surface area contributed by atoms with E-state index in [1.165, 1.54) is 11.6 Å². The van der Waals surface area contributed by atoms with E-state index in [4.69, 9.17) is 0 Å². The van der Waals surface area contributed by atoms with Crippen LogP contribution in [-0.2, 0) is 13.2 Å². The van der Waals surface area contributed by atoms with Crippen molar-refractivity contribution in [2.24, 2.45) is 7.05 Å². The van der Waals surface area contributed by atoms with E-state index in [0.29, 0.717) is 0 Å². The highest BCUT2D eigenvalue weighted by atomic mass is 19.4. The topological polar surface area (TPSA) is 84.4 Å². The molecule has 0 saturated carbocycles. The number of hydrogen-bond donors (Lipinski definition) is 1. The quantitative estimate of drug-likeness (QED) is 0.674. The molecule has 0 radical (unpaired) electrons. The van der Waals surface area contributed by atoms with Crippen molar-refractivity contribution >= 4 is 5.95 Å². The maximum absolute atomic E-state index is 12.6. The van der Waals surface area contributed by atoms with Crippen LogP contribution in [0, 0.1) is 10.1 Å². The second kappa shape index (κ2) is 7.16. The van der Waals surface area contributed by atoms with Gasteiger partial charge >= 0.3 is 6.18 Å². The van der Waals surface area contributed by atoms with Crippen molar-refractivity contribution in [2.75, 3.05) is 24.5 Å². The van der Waals surface area contributed by atoms with Crippen LogP contribution in [0.5, 0.6) is 0 Å². The van der Waals surface area contributed by atoms with Crippen molar-refractivity contribution < 1.29 is 23.2 Å². The van der Waals surface area contributed by atoms with E-state index in [1.807, 2.05) is 13.8 Å². The molecule has 1 aliphatic heterocycles. The lowest BCUT2D eigenvalue weighted by Crippen LogP contribution is -2.48. The summed E-state index contributed by atoms with van der Waals surface area (Å²) in [5.74, 6) is 0.144. The molecular formula is C13H21F3N4O3. The predicted octanol–water partition coefficient (Wildman–Crippen LogP) is 2.07. The Morgan fingerprint density at radius 2 is 1.91 bits per heavy atom. The summed E-state index contributed by atoms with van der Waals surface area (Å²) >= 11 is 0. The zero-order valence-corrected chi connectivity index (χ0v) is 13.3. The molecule has 1 saturated heterocycles. The van der Waals surface area contributed by atoms with Gasteiger partial charge in [0, 0.05) is 44.1 Å². The number of piperidine rings is 1. The van der Waals surface area contributed by atoms with Crippen molar-refractivity contribution in [1.29, 1.82) is 0 Å². The molecule has 0 atom stereocenters. The van der Waals surface area contributed by atoms with Gasteiger partial charge in [0.1, 0.15) is 5.60 Å². The number of aliphatic hydroxyl groups is 1. The molecule has 0 spiro atoms. The Kier molecular flexibility index (Phi) is 5.98. The molecule has 23 heavy (non-hydrogen) atoms. The number of hydrogen-bond acceptors (Lipinski definition) is 5. The second-order valence-corrected chi connectivity index (χ2v) is 5.24. The van der Waals surface area contributed by atoms with Crippen LogP contribution in [0.2, 0.25) is 0 Å². The van der Waals surface area contributed by atoms with Crippen LogP contribution in [0.3, 0.4) is 0 Å². The third-order valence-corrected chi connectivity index (χ3v) is 3.54. The van der Waals surface area contributed by atoms with Crippen LogP contribution in [0.25, 0.3) is 0 Å². The van der Waals surface area contributed by atoms with Gasteiger partial charge in [0.2, 0.25) is 12.5 Å².